The highest BCUT2D eigenvalue weighted by Crippen LogP contribution is 2.22. The summed E-state index contributed by atoms with van der Waals surface area (Å²) in [5, 5.41) is 12.3. The van der Waals surface area contributed by atoms with Crippen molar-refractivity contribution in [3.8, 4) is 0 Å². The van der Waals surface area contributed by atoms with E-state index < -0.39 is 32.0 Å². The average Bonchev–Trinajstić information content (AvgIpc) is 3.04. The maximum absolute atomic E-state index is 13.6. The monoisotopic (exact) mass is 810 g/mol. The van der Waals surface area contributed by atoms with Crippen LogP contribution in [0.2, 0.25) is 0 Å². The van der Waals surface area contributed by atoms with Gasteiger partial charge >= 0.3 is 0 Å². The molecule has 0 spiro atoms. The Hall–Kier alpha value is -3.44. The number of nitrogens with one attached hydrogen (secondary N) is 4. The summed E-state index contributed by atoms with van der Waals surface area (Å²) in [7, 11) is -7.91. The molecule has 0 unspecified atom stereocenters. The van der Waals surface area contributed by atoms with Gasteiger partial charge < -0.3 is 16.0 Å². The number of carbonyl (C=O) groups is 1. The first kappa shape index (κ1) is 36.4. The minimum Gasteiger partial charge on any atom is -0.370 e. The molecule has 5 rings (SSSR count). The Morgan fingerprint density at radius 1 is 0.915 bits per heavy atom. The van der Waals surface area contributed by atoms with Crippen LogP contribution in [0, 0.1) is 14.9 Å². The van der Waals surface area contributed by atoms with E-state index in [-0.39, 0.29) is 40.5 Å². The first-order chi connectivity index (χ1) is 21.9. The minimum atomic E-state index is -4.10. The van der Waals surface area contributed by atoms with Crippen molar-refractivity contribution in [2.45, 2.75) is 35.1 Å². The van der Waals surface area contributed by atoms with Crippen molar-refractivity contribution in [3.05, 3.63) is 100 Å². The van der Waals surface area contributed by atoms with E-state index in [2.05, 4.69) is 37.4 Å². The first-order valence-electron chi connectivity index (χ1n) is 14.6. The Bertz CT molecular complexity index is 1950. The van der Waals surface area contributed by atoms with Gasteiger partial charge in [0.25, 0.3) is 10.0 Å². The van der Waals surface area contributed by atoms with E-state index in [0.29, 0.717) is 30.9 Å². The zero-order chi connectivity index (χ0) is 32.9. The Morgan fingerprint density at radius 3 is 2.26 bits per heavy atom. The number of nitrogens with two attached hydrogens (primary N) is 1. The smallest absolute Gasteiger partial charge is 0.261 e. The number of anilines is 1. The van der Waals surface area contributed by atoms with Crippen molar-refractivity contribution in [2.24, 2.45) is 11.7 Å². The van der Waals surface area contributed by atoms with E-state index in [9.17, 15) is 21.6 Å². The van der Waals surface area contributed by atoms with Crippen LogP contribution in [0.5, 0.6) is 0 Å². The normalized spacial score (nSPS) is 15.8. The molecule has 250 valence electrons. The third-order valence-electron chi connectivity index (χ3n) is 7.84. The molecule has 47 heavy (non-hydrogen) atoms. The number of benzene rings is 4. The van der Waals surface area contributed by atoms with E-state index >= 15 is 0 Å². The van der Waals surface area contributed by atoms with Gasteiger partial charge in [0, 0.05) is 28.9 Å². The number of halogens is 2. The predicted octanol–water partition coefficient (Wildman–Crippen LogP) is 4.28. The van der Waals surface area contributed by atoms with Gasteiger partial charge in [-0.2, -0.15) is 4.72 Å². The Morgan fingerprint density at radius 2 is 1.57 bits per heavy atom. The van der Waals surface area contributed by atoms with Gasteiger partial charge in [-0.05, 0) is 113 Å². The van der Waals surface area contributed by atoms with Gasteiger partial charge in [-0.15, -0.1) is 12.4 Å². The lowest BCUT2D eigenvalue weighted by atomic mass is 9.98. The zero-order valence-electron chi connectivity index (χ0n) is 25.2. The molecule has 0 aromatic heterocycles. The number of hydrogen-bond acceptors (Lipinski definition) is 6. The minimum absolute atomic E-state index is 0. The van der Waals surface area contributed by atoms with E-state index in [0.717, 1.165) is 27.2 Å². The highest BCUT2D eigenvalue weighted by atomic mass is 127. The number of fused-ring (bicyclic) bond motifs is 1. The molecular formula is C32H36ClIN6O5S2. The molecule has 4 aromatic rings. The second-order valence-electron chi connectivity index (χ2n) is 11.2. The second-order valence-corrected chi connectivity index (χ2v) is 15.9. The van der Waals surface area contributed by atoms with Gasteiger partial charge in [-0.25, -0.2) is 16.8 Å². The van der Waals surface area contributed by atoms with Crippen molar-refractivity contribution in [3.63, 3.8) is 0 Å². The molecule has 0 bridgehead atoms. The van der Waals surface area contributed by atoms with Crippen LogP contribution in [0.25, 0.3) is 10.8 Å². The number of piperidine rings is 1. The lowest BCUT2D eigenvalue weighted by Crippen LogP contribution is -2.51. The maximum Gasteiger partial charge on any atom is 0.261 e. The number of likely N-dealkylation sites (tertiary alicyclic amines) is 1. The molecule has 6 N–H and O–H groups in total. The van der Waals surface area contributed by atoms with Crippen LogP contribution in [-0.4, -0.2) is 59.3 Å². The number of hydrogen-bond donors (Lipinski definition) is 5. The van der Waals surface area contributed by atoms with Crippen molar-refractivity contribution in [1.29, 1.82) is 5.41 Å². The summed E-state index contributed by atoms with van der Waals surface area (Å²) in [5.74, 6) is -0.450. The molecule has 15 heteroatoms. The third-order valence-corrected chi connectivity index (χ3v) is 11.4. The van der Waals surface area contributed by atoms with Crippen LogP contribution in [0.3, 0.4) is 0 Å². The summed E-state index contributed by atoms with van der Waals surface area (Å²) in [6.45, 7) is 1.52. The van der Waals surface area contributed by atoms with Crippen LogP contribution in [-0.2, 0) is 31.3 Å². The standard InChI is InChI=1S/C32H35IN6O5S2.ClH/c33-26-10-15-28(16-11-26)45(41,42)37-27-12-7-22(8-13-27)18-30(31(40)36-20-23-4-3-17-39(21-23)32(34)35)38-46(43,44)29-14-9-24-5-1-2-6-25(24)19-29;/h1-2,5-16,19,23,30,37-38H,3-4,17-18,20-21H2,(H3,34,35)(H,36,40);1H/t23-,30-;/m1./s1. The van der Waals surface area contributed by atoms with Crippen LogP contribution < -0.4 is 20.5 Å². The molecular weight excluding hydrogens is 775 g/mol. The molecule has 4 aromatic carbocycles. The largest absolute Gasteiger partial charge is 0.370 e. The van der Waals surface area contributed by atoms with Crippen molar-refractivity contribution in [2.75, 3.05) is 24.4 Å². The average molecular weight is 811 g/mol. The van der Waals surface area contributed by atoms with Crippen LogP contribution >= 0.6 is 35.0 Å². The lowest BCUT2D eigenvalue weighted by molar-refractivity contribution is -0.122. The number of amides is 1. The molecule has 0 radical (unpaired) electrons. The van der Waals surface area contributed by atoms with Gasteiger partial charge in [-0.3, -0.25) is 14.9 Å². The molecule has 0 saturated carbocycles. The van der Waals surface area contributed by atoms with E-state index in [1.807, 2.05) is 24.3 Å². The van der Waals surface area contributed by atoms with Crippen LogP contribution in [0.4, 0.5) is 5.69 Å². The second kappa shape index (κ2) is 15.6. The maximum atomic E-state index is 13.6. The van der Waals surface area contributed by atoms with Gasteiger partial charge in [0.1, 0.15) is 6.04 Å². The third kappa shape index (κ3) is 9.56. The molecule has 2 atom stereocenters. The summed E-state index contributed by atoms with van der Waals surface area (Å²) in [4.78, 5) is 15.5. The van der Waals surface area contributed by atoms with Gasteiger partial charge in [0.2, 0.25) is 15.9 Å². The highest BCUT2D eigenvalue weighted by Gasteiger charge is 2.28. The van der Waals surface area contributed by atoms with Gasteiger partial charge in [0.05, 0.1) is 9.79 Å². The Kier molecular flexibility index (Phi) is 12.1. The summed E-state index contributed by atoms with van der Waals surface area (Å²) in [6, 6.07) is 24.0. The van der Waals surface area contributed by atoms with Gasteiger partial charge in [0.15, 0.2) is 5.96 Å². The molecule has 0 aliphatic carbocycles. The summed E-state index contributed by atoms with van der Waals surface area (Å²) < 4.78 is 58.8. The van der Waals surface area contributed by atoms with Gasteiger partial charge in [-0.1, -0.05) is 42.5 Å². The molecule has 1 aliphatic heterocycles. The Balaban J connectivity index is 0.00000500. The molecule has 1 heterocycles. The first-order valence-corrected chi connectivity index (χ1v) is 18.7. The quantitative estimate of drug-likeness (QED) is 0.0855. The summed E-state index contributed by atoms with van der Waals surface area (Å²) in [6.07, 6.45) is 1.70. The lowest BCUT2D eigenvalue weighted by Gasteiger charge is -2.33. The number of nitrogens with zero attached hydrogens (tertiary/aromatic N) is 1. The van der Waals surface area contributed by atoms with Crippen LogP contribution in [0.1, 0.15) is 18.4 Å². The number of carbonyl (C=O) groups excluding carboxylic acids is 1. The molecule has 11 nitrogen and oxygen atoms in total. The molecule has 1 fully saturated rings. The zero-order valence-corrected chi connectivity index (χ0v) is 29.8. The van der Waals surface area contributed by atoms with Crippen molar-refractivity contribution >= 4 is 83.4 Å². The topological polar surface area (TPSA) is 175 Å². The fourth-order valence-electron chi connectivity index (χ4n) is 5.37. The summed E-state index contributed by atoms with van der Waals surface area (Å²) in [5.41, 5.74) is 6.62. The van der Waals surface area contributed by atoms with Crippen LogP contribution in [0.15, 0.2) is 101 Å². The van der Waals surface area contributed by atoms with E-state index in [1.54, 1.807) is 53.4 Å². The predicted molar refractivity (Wildman–Crippen MR) is 195 cm³/mol. The molecule has 1 saturated heterocycles. The fraction of sp³-hybridized carbons (Fsp3) is 0.250. The van der Waals surface area contributed by atoms with Crippen molar-refractivity contribution < 1.29 is 21.6 Å². The van der Waals surface area contributed by atoms with E-state index in [1.165, 1.54) is 18.2 Å². The fourth-order valence-corrected chi connectivity index (χ4v) is 8.02. The molecule has 1 aliphatic rings. The SMILES string of the molecule is Cl.N=C(N)N1CCC[C@H](CNC(=O)[C@@H](Cc2ccc(NS(=O)(=O)c3ccc(I)cc3)cc2)NS(=O)(=O)c2ccc3ccccc3c2)C1. The highest BCUT2D eigenvalue weighted by molar-refractivity contribution is 14.1. The Labute approximate surface area is 294 Å². The molecule has 1 amide bonds. The van der Waals surface area contributed by atoms with E-state index in [4.69, 9.17) is 11.1 Å². The number of guanidine groups is 1. The number of sulfonamides is 2. The summed E-state index contributed by atoms with van der Waals surface area (Å²) >= 11 is 2.10. The number of rotatable bonds is 11. The van der Waals surface area contributed by atoms with Crippen molar-refractivity contribution in [1.82, 2.24) is 14.9 Å².